The number of carbonyl (C=O) groups is 1. The average Bonchev–Trinajstić information content (AvgIpc) is 3.05. The maximum atomic E-state index is 11.8. The van der Waals surface area contributed by atoms with Gasteiger partial charge in [-0.05, 0) is 24.7 Å². The Bertz CT molecular complexity index is 233. The molecule has 1 aliphatic rings. The van der Waals surface area contributed by atoms with E-state index in [1.165, 1.54) is 12.8 Å². The Morgan fingerprint density at radius 2 is 2.06 bits per heavy atom. The third kappa shape index (κ3) is 6.24. The van der Waals surface area contributed by atoms with Gasteiger partial charge in [0, 0.05) is 20.2 Å². The van der Waals surface area contributed by atoms with Gasteiger partial charge in [0.05, 0.1) is 12.6 Å². The van der Waals surface area contributed by atoms with Crippen LogP contribution >= 0.6 is 12.4 Å². The first-order valence-corrected chi connectivity index (χ1v) is 6.10. The van der Waals surface area contributed by atoms with Crippen molar-refractivity contribution < 1.29 is 9.53 Å². The molecule has 0 aromatic rings. The van der Waals surface area contributed by atoms with Gasteiger partial charge in [-0.25, -0.2) is 0 Å². The van der Waals surface area contributed by atoms with Gasteiger partial charge < -0.3 is 15.4 Å². The normalized spacial score (nSPS) is 16.5. The molecule has 0 heterocycles. The van der Waals surface area contributed by atoms with Crippen LogP contribution in [0.4, 0.5) is 0 Å². The molecule has 1 amide bonds. The van der Waals surface area contributed by atoms with E-state index in [0.29, 0.717) is 13.2 Å². The van der Waals surface area contributed by atoms with Gasteiger partial charge in [0.25, 0.3) is 0 Å². The lowest BCUT2D eigenvalue weighted by atomic mass is 10.0. The van der Waals surface area contributed by atoms with Crippen molar-refractivity contribution in [2.24, 2.45) is 17.6 Å². The Hall–Kier alpha value is -0.320. The summed E-state index contributed by atoms with van der Waals surface area (Å²) in [6.45, 7) is 6.01. The summed E-state index contributed by atoms with van der Waals surface area (Å²) in [5.41, 5.74) is 5.79. The Balaban J connectivity index is 0.00000256. The molecule has 1 saturated carbocycles. The van der Waals surface area contributed by atoms with Crippen molar-refractivity contribution in [3.8, 4) is 0 Å². The van der Waals surface area contributed by atoms with E-state index < -0.39 is 6.04 Å². The van der Waals surface area contributed by atoms with Gasteiger partial charge in [0.15, 0.2) is 0 Å². The first-order chi connectivity index (χ1) is 7.52. The van der Waals surface area contributed by atoms with Crippen LogP contribution in [0.2, 0.25) is 0 Å². The van der Waals surface area contributed by atoms with Crippen molar-refractivity contribution in [2.75, 3.05) is 26.8 Å². The standard InChI is InChI=1S/C12H24N2O2.ClH/c1-9(2)11(13)12(15)14(3)6-7-16-8-10-4-5-10;/h9-11H,4-8,13H2,1-3H3;1H. The number of likely N-dealkylation sites (N-methyl/N-ethyl adjacent to an activating group) is 1. The molecule has 0 aromatic carbocycles. The number of hydrogen-bond acceptors (Lipinski definition) is 3. The van der Waals surface area contributed by atoms with Crippen molar-refractivity contribution in [2.45, 2.75) is 32.7 Å². The molecule has 1 rings (SSSR count). The number of halogens is 1. The molecule has 0 aliphatic heterocycles. The van der Waals surface area contributed by atoms with Crippen LogP contribution in [0.5, 0.6) is 0 Å². The van der Waals surface area contributed by atoms with Gasteiger partial charge >= 0.3 is 0 Å². The second-order valence-electron chi connectivity index (χ2n) is 5.05. The molecule has 2 N–H and O–H groups in total. The smallest absolute Gasteiger partial charge is 0.239 e. The van der Waals surface area contributed by atoms with Gasteiger partial charge in [-0.2, -0.15) is 0 Å². The van der Waals surface area contributed by atoms with Crippen LogP contribution in [-0.4, -0.2) is 43.7 Å². The monoisotopic (exact) mass is 264 g/mol. The molecule has 1 fully saturated rings. The topological polar surface area (TPSA) is 55.6 Å². The van der Waals surface area contributed by atoms with E-state index in [4.69, 9.17) is 10.5 Å². The molecule has 1 unspecified atom stereocenters. The highest BCUT2D eigenvalue weighted by Crippen LogP contribution is 2.28. The minimum atomic E-state index is -0.395. The molecular formula is C12H25ClN2O2. The van der Waals surface area contributed by atoms with E-state index in [0.717, 1.165) is 12.5 Å². The van der Waals surface area contributed by atoms with Crippen LogP contribution in [0, 0.1) is 11.8 Å². The third-order valence-electron chi connectivity index (χ3n) is 3.00. The lowest BCUT2D eigenvalue weighted by Gasteiger charge is -2.23. The van der Waals surface area contributed by atoms with Crippen molar-refractivity contribution in [3.63, 3.8) is 0 Å². The zero-order valence-corrected chi connectivity index (χ0v) is 11.8. The third-order valence-corrected chi connectivity index (χ3v) is 3.00. The molecule has 1 aliphatic carbocycles. The van der Waals surface area contributed by atoms with Gasteiger partial charge in [0.1, 0.15) is 0 Å². The number of nitrogens with zero attached hydrogens (tertiary/aromatic N) is 1. The van der Waals surface area contributed by atoms with Crippen molar-refractivity contribution in [1.29, 1.82) is 0 Å². The zero-order chi connectivity index (χ0) is 12.1. The van der Waals surface area contributed by atoms with Crippen LogP contribution in [-0.2, 0) is 9.53 Å². The lowest BCUT2D eigenvalue weighted by Crippen LogP contribution is -2.45. The van der Waals surface area contributed by atoms with Crippen LogP contribution < -0.4 is 5.73 Å². The molecule has 1 atom stereocenters. The summed E-state index contributed by atoms with van der Waals surface area (Å²) in [4.78, 5) is 13.4. The fourth-order valence-corrected chi connectivity index (χ4v) is 1.39. The number of ether oxygens (including phenoxy) is 1. The number of carbonyl (C=O) groups excluding carboxylic acids is 1. The minimum Gasteiger partial charge on any atom is -0.379 e. The second kappa shape index (κ2) is 7.90. The number of nitrogens with two attached hydrogens (primary N) is 1. The Kier molecular flexibility index (Phi) is 7.75. The van der Waals surface area contributed by atoms with Crippen molar-refractivity contribution in [1.82, 2.24) is 4.90 Å². The molecule has 0 spiro atoms. The summed E-state index contributed by atoms with van der Waals surface area (Å²) < 4.78 is 5.48. The van der Waals surface area contributed by atoms with E-state index in [1.54, 1.807) is 11.9 Å². The molecule has 4 nitrogen and oxygen atoms in total. The predicted octanol–water partition coefficient (Wildman–Crippen LogP) is 1.28. The van der Waals surface area contributed by atoms with Gasteiger partial charge in [-0.1, -0.05) is 13.8 Å². The second-order valence-corrected chi connectivity index (χ2v) is 5.05. The van der Waals surface area contributed by atoms with E-state index in [-0.39, 0.29) is 24.2 Å². The van der Waals surface area contributed by atoms with E-state index in [9.17, 15) is 4.79 Å². The first kappa shape index (κ1) is 16.7. The van der Waals surface area contributed by atoms with E-state index in [2.05, 4.69) is 0 Å². The SMILES string of the molecule is CC(C)C(N)C(=O)N(C)CCOCC1CC1.Cl. The van der Waals surface area contributed by atoms with Gasteiger partial charge in [-0.15, -0.1) is 12.4 Å². The van der Waals surface area contributed by atoms with Gasteiger partial charge in [-0.3, -0.25) is 4.79 Å². The average molecular weight is 265 g/mol. The maximum Gasteiger partial charge on any atom is 0.239 e. The first-order valence-electron chi connectivity index (χ1n) is 6.10. The van der Waals surface area contributed by atoms with Crippen LogP contribution in [0.15, 0.2) is 0 Å². The molecule has 0 aromatic heterocycles. The summed E-state index contributed by atoms with van der Waals surface area (Å²) >= 11 is 0. The zero-order valence-electron chi connectivity index (χ0n) is 11.0. The van der Waals surface area contributed by atoms with Crippen LogP contribution in [0.1, 0.15) is 26.7 Å². The molecular weight excluding hydrogens is 240 g/mol. The highest BCUT2D eigenvalue weighted by molar-refractivity contribution is 5.85. The van der Waals surface area contributed by atoms with E-state index >= 15 is 0 Å². The Morgan fingerprint density at radius 1 is 1.47 bits per heavy atom. The quantitative estimate of drug-likeness (QED) is 0.705. The van der Waals surface area contributed by atoms with Gasteiger partial charge in [0.2, 0.25) is 5.91 Å². The number of amides is 1. The summed E-state index contributed by atoms with van der Waals surface area (Å²) in [6.07, 6.45) is 2.60. The fourth-order valence-electron chi connectivity index (χ4n) is 1.39. The van der Waals surface area contributed by atoms with E-state index in [1.807, 2.05) is 13.8 Å². The lowest BCUT2D eigenvalue weighted by molar-refractivity contribution is -0.132. The van der Waals surface area contributed by atoms with Crippen LogP contribution in [0.25, 0.3) is 0 Å². The fraction of sp³-hybridized carbons (Fsp3) is 0.917. The van der Waals surface area contributed by atoms with Crippen LogP contribution in [0.3, 0.4) is 0 Å². The summed E-state index contributed by atoms with van der Waals surface area (Å²) in [5.74, 6) is 0.964. The number of rotatable bonds is 7. The molecule has 5 heteroatoms. The highest BCUT2D eigenvalue weighted by Gasteiger charge is 2.22. The molecule has 0 bridgehead atoms. The molecule has 0 radical (unpaired) electrons. The minimum absolute atomic E-state index is 0. The van der Waals surface area contributed by atoms with Crippen molar-refractivity contribution in [3.05, 3.63) is 0 Å². The highest BCUT2D eigenvalue weighted by atomic mass is 35.5. The summed E-state index contributed by atoms with van der Waals surface area (Å²) in [7, 11) is 1.78. The maximum absolute atomic E-state index is 11.8. The molecule has 102 valence electrons. The molecule has 17 heavy (non-hydrogen) atoms. The number of hydrogen-bond donors (Lipinski definition) is 1. The molecule has 0 saturated heterocycles. The Labute approximate surface area is 110 Å². The summed E-state index contributed by atoms with van der Waals surface area (Å²) in [6, 6.07) is -0.395. The van der Waals surface area contributed by atoms with Crippen molar-refractivity contribution >= 4 is 18.3 Å². The Morgan fingerprint density at radius 3 is 2.53 bits per heavy atom. The summed E-state index contributed by atoms with van der Waals surface area (Å²) in [5, 5.41) is 0. The largest absolute Gasteiger partial charge is 0.379 e. The predicted molar refractivity (Wildman–Crippen MR) is 71.2 cm³/mol.